The molecule has 0 spiro atoms. The van der Waals surface area contributed by atoms with E-state index in [2.05, 4.69) is 58.4 Å². The molecule has 0 saturated heterocycles. The average Bonchev–Trinajstić information content (AvgIpc) is 3.65. The van der Waals surface area contributed by atoms with Crippen LogP contribution in [0.3, 0.4) is 0 Å². The average molecular weight is 483 g/mol. The maximum absolute atomic E-state index is 6.01. The fraction of sp³-hybridized carbons (Fsp3) is 0.269. The molecule has 0 bridgehead atoms. The molecule has 5 heterocycles. The van der Waals surface area contributed by atoms with Crippen molar-refractivity contribution < 1.29 is 0 Å². The summed E-state index contributed by atoms with van der Waals surface area (Å²) in [5.74, 6) is 0.888. The van der Waals surface area contributed by atoms with E-state index in [-0.39, 0.29) is 0 Å². The lowest BCUT2D eigenvalue weighted by molar-refractivity contribution is 0.896. The van der Waals surface area contributed by atoms with E-state index in [0.717, 1.165) is 65.8 Å². The third-order valence-electron chi connectivity index (χ3n) is 7.13. The van der Waals surface area contributed by atoms with Crippen LogP contribution < -0.4 is 5.32 Å². The van der Waals surface area contributed by atoms with Gasteiger partial charge < -0.3 is 15.3 Å². The summed E-state index contributed by atoms with van der Waals surface area (Å²) in [7, 11) is 0. The molecule has 0 saturated carbocycles. The van der Waals surface area contributed by atoms with Gasteiger partial charge in [-0.25, -0.2) is 19.9 Å². The van der Waals surface area contributed by atoms with Crippen LogP contribution in [0, 0.1) is 0 Å². The van der Waals surface area contributed by atoms with Crippen LogP contribution in [0.2, 0.25) is 5.15 Å². The van der Waals surface area contributed by atoms with Crippen molar-refractivity contribution in [2.45, 2.75) is 45.1 Å². The van der Waals surface area contributed by atoms with Crippen molar-refractivity contribution in [3.63, 3.8) is 0 Å². The molecule has 174 valence electrons. The third kappa shape index (κ3) is 3.47. The third-order valence-corrected chi connectivity index (χ3v) is 7.41. The maximum Gasteiger partial charge on any atom is 0.143 e. The quantitative estimate of drug-likeness (QED) is 0.299. The molecule has 8 rings (SSSR count). The number of aromatic amines is 2. The van der Waals surface area contributed by atoms with Crippen molar-refractivity contribution in [3.05, 3.63) is 69.6 Å². The maximum atomic E-state index is 6.01. The standard InChI is InChI=1S/C17H15N5.C9H8ClN3/c1-2-13-14(3-1)22-17-15(13)16(19-9-20-17)21-12-5-4-10-7-18-8-11(10)6-12;10-8-7-5-2-1-3-6(5)13-9(7)12-4-11-8/h4-6,8-9H,1-3,7H2,(H2,19,20,21,22);4H,1-3H2,(H,11,12,13). The number of aliphatic imine (C=N–C) groups is 1. The second kappa shape index (κ2) is 8.16. The fourth-order valence-corrected chi connectivity index (χ4v) is 5.75. The number of nitrogens with one attached hydrogen (secondary N) is 3. The smallest absolute Gasteiger partial charge is 0.143 e. The van der Waals surface area contributed by atoms with Crippen molar-refractivity contribution in [1.82, 2.24) is 29.9 Å². The SMILES string of the molecule is C1=NCc2ccc(Nc3ncnc4[nH]c5c(c34)CCC5)cc21.Clc1ncnc2[nH]c3c(c12)CCC3. The lowest BCUT2D eigenvalue weighted by Gasteiger charge is -2.09. The summed E-state index contributed by atoms with van der Waals surface area (Å²) in [6.45, 7) is 0.790. The Labute approximate surface area is 206 Å². The molecular weight excluding hydrogens is 460 g/mol. The van der Waals surface area contributed by atoms with E-state index in [1.165, 1.54) is 52.8 Å². The largest absolute Gasteiger partial charge is 0.343 e. The number of rotatable bonds is 2. The Balaban J connectivity index is 0.000000137. The minimum Gasteiger partial charge on any atom is -0.343 e. The van der Waals surface area contributed by atoms with Crippen LogP contribution in [0.5, 0.6) is 0 Å². The lowest BCUT2D eigenvalue weighted by atomic mass is 10.1. The first-order valence-corrected chi connectivity index (χ1v) is 12.4. The number of H-pyrrole nitrogens is 2. The molecule has 4 aromatic heterocycles. The van der Waals surface area contributed by atoms with E-state index in [9.17, 15) is 0 Å². The molecule has 3 aliphatic rings. The zero-order chi connectivity index (χ0) is 23.4. The Morgan fingerprint density at radius 3 is 2.31 bits per heavy atom. The lowest BCUT2D eigenvalue weighted by Crippen LogP contribution is -1.97. The van der Waals surface area contributed by atoms with Gasteiger partial charge in [-0.1, -0.05) is 17.7 Å². The number of hydrogen-bond acceptors (Lipinski definition) is 6. The van der Waals surface area contributed by atoms with Gasteiger partial charge in [0.25, 0.3) is 0 Å². The van der Waals surface area contributed by atoms with Crippen molar-refractivity contribution in [3.8, 4) is 0 Å². The van der Waals surface area contributed by atoms with Gasteiger partial charge in [0.1, 0.15) is 34.9 Å². The molecule has 0 radical (unpaired) electrons. The molecule has 2 aliphatic carbocycles. The highest BCUT2D eigenvalue weighted by molar-refractivity contribution is 6.34. The van der Waals surface area contributed by atoms with Gasteiger partial charge in [0, 0.05) is 23.3 Å². The summed E-state index contributed by atoms with van der Waals surface area (Å²) in [5.41, 5.74) is 10.6. The highest BCUT2D eigenvalue weighted by Gasteiger charge is 2.21. The van der Waals surface area contributed by atoms with Crippen LogP contribution in [0.15, 0.2) is 35.8 Å². The topological polar surface area (TPSA) is 108 Å². The van der Waals surface area contributed by atoms with Crippen LogP contribution in [0.25, 0.3) is 22.1 Å². The minimum absolute atomic E-state index is 0.574. The van der Waals surface area contributed by atoms with Crippen molar-refractivity contribution >= 4 is 51.4 Å². The van der Waals surface area contributed by atoms with Crippen molar-refractivity contribution in [2.24, 2.45) is 4.99 Å². The first-order valence-electron chi connectivity index (χ1n) is 12.0. The number of aryl methyl sites for hydroxylation is 4. The monoisotopic (exact) mass is 482 g/mol. The van der Waals surface area contributed by atoms with E-state index in [0.29, 0.717) is 5.15 Å². The number of halogens is 1. The van der Waals surface area contributed by atoms with Crippen LogP contribution in [0.1, 0.15) is 46.5 Å². The van der Waals surface area contributed by atoms with Gasteiger partial charge in [0.05, 0.1) is 17.3 Å². The van der Waals surface area contributed by atoms with Gasteiger partial charge in [-0.2, -0.15) is 0 Å². The van der Waals surface area contributed by atoms with Gasteiger partial charge in [0.15, 0.2) is 0 Å². The van der Waals surface area contributed by atoms with Gasteiger partial charge in [-0.15, -0.1) is 0 Å². The van der Waals surface area contributed by atoms with Crippen LogP contribution in [-0.4, -0.2) is 36.1 Å². The number of anilines is 2. The summed E-state index contributed by atoms with van der Waals surface area (Å²) in [6, 6.07) is 6.35. The second-order valence-corrected chi connectivity index (χ2v) is 9.57. The van der Waals surface area contributed by atoms with Crippen LogP contribution >= 0.6 is 11.6 Å². The van der Waals surface area contributed by atoms with Gasteiger partial charge in [-0.3, -0.25) is 4.99 Å². The molecule has 0 unspecified atom stereocenters. The van der Waals surface area contributed by atoms with Crippen LogP contribution in [-0.2, 0) is 32.2 Å². The summed E-state index contributed by atoms with van der Waals surface area (Å²) in [5, 5.41) is 6.20. The van der Waals surface area contributed by atoms with Crippen molar-refractivity contribution in [2.75, 3.05) is 5.32 Å². The zero-order valence-corrected chi connectivity index (χ0v) is 19.8. The molecule has 0 atom stereocenters. The molecule has 1 aliphatic heterocycles. The first kappa shape index (κ1) is 20.6. The molecule has 3 N–H and O–H groups in total. The van der Waals surface area contributed by atoms with Gasteiger partial charge in [-0.05, 0) is 72.9 Å². The van der Waals surface area contributed by atoms with E-state index in [4.69, 9.17) is 11.6 Å². The Bertz CT molecular complexity index is 1630. The minimum atomic E-state index is 0.574. The first-order chi connectivity index (χ1) is 17.2. The normalized spacial score (nSPS) is 15.2. The number of benzene rings is 1. The van der Waals surface area contributed by atoms with Crippen LogP contribution in [0.4, 0.5) is 11.5 Å². The summed E-state index contributed by atoms with van der Waals surface area (Å²) < 4.78 is 0. The molecule has 1 aromatic carbocycles. The summed E-state index contributed by atoms with van der Waals surface area (Å²) in [6.07, 6.45) is 11.9. The molecule has 8 nitrogen and oxygen atoms in total. The molecule has 0 fully saturated rings. The Morgan fingerprint density at radius 1 is 0.800 bits per heavy atom. The predicted molar refractivity (Wildman–Crippen MR) is 138 cm³/mol. The van der Waals surface area contributed by atoms with E-state index in [1.54, 1.807) is 6.33 Å². The molecule has 5 aromatic rings. The Morgan fingerprint density at radius 2 is 1.51 bits per heavy atom. The molecule has 9 heteroatoms. The van der Waals surface area contributed by atoms with Gasteiger partial charge in [0.2, 0.25) is 0 Å². The number of nitrogens with zero attached hydrogens (tertiary/aromatic N) is 5. The number of hydrogen-bond donors (Lipinski definition) is 3. The number of fused-ring (bicyclic) bond motifs is 7. The van der Waals surface area contributed by atoms with Crippen molar-refractivity contribution in [1.29, 1.82) is 0 Å². The van der Waals surface area contributed by atoms with E-state index in [1.807, 2.05) is 6.21 Å². The Hall–Kier alpha value is -3.78. The summed E-state index contributed by atoms with van der Waals surface area (Å²) >= 11 is 6.01. The highest BCUT2D eigenvalue weighted by Crippen LogP contribution is 2.34. The molecule has 0 amide bonds. The number of aromatic nitrogens is 6. The fourth-order valence-electron chi connectivity index (χ4n) is 5.50. The highest BCUT2D eigenvalue weighted by atomic mass is 35.5. The summed E-state index contributed by atoms with van der Waals surface area (Å²) in [4.78, 5) is 28.0. The predicted octanol–water partition coefficient (Wildman–Crippen LogP) is 5.22. The van der Waals surface area contributed by atoms with E-state index >= 15 is 0 Å². The van der Waals surface area contributed by atoms with E-state index < -0.39 is 0 Å². The molecule has 35 heavy (non-hydrogen) atoms. The zero-order valence-electron chi connectivity index (χ0n) is 19.0. The second-order valence-electron chi connectivity index (χ2n) is 9.21. The van der Waals surface area contributed by atoms with Gasteiger partial charge >= 0.3 is 0 Å². The Kier molecular flexibility index (Phi) is 4.80. The molecular formula is C26H23ClN8.